The van der Waals surface area contributed by atoms with Crippen LogP contribution in [0, 0.1) is 11.8 Å². The van der Waals surface area contributed by atoms with Crippen LogP contribution in [0.25, 0.3) is 0 Å². The van der Waals surface area contributed by atoms with Crippen LogP contribution in [-0.2, 0) is 0 Å². The Morgan fingerprint density at radius 1 is 1.25 bits per heavy atom. The number of hydrogen-bond donors (Lipinski definition) is 2. The quantitative estimate of drug-likeness (QED) is 0.867. The molecule has 0 bridgehead atoms. The summed E-state index contributed by atoms with van der Waals surface area (Å²) in [4.78, 5) is 12.1. The van der Waals surface area contributed by atoms with Gasteiger partial charge in [0.1, 0.15) is 0 Å². The smallest absolute Gasteiger partial charge is 0.251 e. The topological polar surface area (TPSA) is 55.1 Å². The predicted octanol–water partition coefficient (Wildman–Crippen LogP) is 2.91. The molecule has 1 aromatic carbocycles. The van der Waals surface area contributed by atoms with E-state index in [-0.39, 0.29) is 5.91 Å². The molecule has 3 heteroatoms. The zero-order chi connectivity index (χ0) is 14.5. The second-order valence-corrected chi connectivity index (χ2v) is 6.17. The fourth-order valence-corrected chi connectivity index (χ4v) is 3.04. The van der Waals surface area contributed by atoms with Gasteiger partial charge in [0, 0.05) is 12.1 Å². The Bertz CT molecular complexity index is 439. The normalized spacial score (nSPS) is 22.2. The first-order valence-corrected chi connectivity index (χ1v) is 7.70. The molecule has 0 heterocycles. The lowest BCUT2D eigenvalue weighted by Crippen LogP contribution is -2.32. The Hall–Kier alpha value is -1.35. The zero-order valence-electron chi connectivity index (χ0n) is 12.6. The Kier molecular flexibility index (Phi) is 5.18. The van der Waals surface area contributed by atoms with Gasteiger partial charge in [-0.25, -0.2) is 0 Å². The first kappa shape index (κ1) is 15.0. The Labute approximate surface area is 121 Å². The highest BCUT2D eigenvalue weighted by molar-refractivity contribution is 5.94. The third-order valence-electron chi connectivity index (χ3n) is 4.48. The molecule has 1 fully saturated rings. The minimum absolute atomic E-state index is 0.0305. The molecule has 0 aromatic heterocycles. The molecule has 2 rings (SSSR count). The van der Waals surface area contributed by atoms with Gasteiger partial charge in [0.05, 0.1) is 0 Å². The van der Waals surface area contributed by atoms with Crippen molar-refractivity contribution in [1.29, 1.82) is 0 Å². The lowest BCUT2D eigenvalue weighted by atomic mass is 9.96. The summed E-state index contributed by atoms with van der Waals surface area (Å²) in [6.45, 7) is 5.81. The van der Waals surface area contributed by atoms with Gasteiger partial charge in [-0.15, -0.1) is 0 Å². The average Bonchev–Trinajstić information content (AvgIpc) is 2.92. The molecule has 2 unspecified atom stereocenters. The van der Waals surface area contributed by atoms with E-state index in [4.69, 9.17) is 5.73 Å². The molecule has 110 valence electrons. The standard InChI is InChI=1S/C17H26N2O/c1-12(2)13-6-8-14(9-7-13)17(20)19-11-16-5-3-4-15(16)10-18/h6-9,12,15-16H,3-5,10-11,18H2,1-2H3,(H,19,20). The van der Waals surface area contributed by atoms with Crippen LogP contribution in [0.15, 0.2) is 24.3 Å². The number of nitrogens with one attached hydrogen (secondary N) is 1. The van der Waals surface area contributed by atoms with Crippen LogP contribution in [0.5, 0.6) is 0 Å². The fourth-order valence-electron chi connectivity index (χ4n) is 3.04. The van der Waals surface area contributed by atoms with Gasteiger partial charge in [0.25, 0.3) is 5.91 Å². The molecule has 1 amide bonds. The van der Waals surface area contributed by atoms with E-state index in [9.17, 15) is 4.79 Å². The van der Waals surface area contributed by atoms with Crippen LogP contribution in [0.1, 0.15) is 54.9 Å². The molecule has 0 radical (unpaired) electrons. The molecule has 20 heavy (non-hydrogen) atoms. The van der Waals surface area contributed by atoms with Gasteiger partial charge in [-0.2, -0.15) is 0 Å². The van der Waals surface area contributed by atoms with E-state index in [0.29, 0.717) is 17.8 Å². The van der Waals surface area contributed by atoms with Crippen molar-refractivity contribution in [3.8, 4) is 0 Å². The van der Waals surface area contributed by atoms with Crippen molar-refractivity contribution < 1.29 is 4.79 Å². The number of carbonyl (C=O) groups is 1. The molecular weight excluding hydrogens is 248 g/mol. The van der Waals surface area contributed by atoms with E-state index in [1.54, 1.807) is 0 Å². The van der Waals surface area contributed by atoms with Crippen molar-refractivity contribution in [1.82, 2.24) is 5.32 Å². The van der Waals surface area contributed by atoms with Gasteiger partial charge < -0.3 is 11.1 Å². The second-order valence-electron chi connectivity index (χ2n) is 6.17. The number of benzene rings is 1. The molecule has 1 aliphatic rings. The molecular formula is C17H26N2O. The first-order chi connectivity index (χ1) is 9.61. The van der Waals surface area contributed by atoms with E-state index in [1.165, 1.54) is 24.8 Å². The Balaban J connectivity index is 1.88. The summed E-state index contributed by atoms with van der Waals surface area (Å²) in [5.74, 6) is 1.66. The van der Waals surface area contributed by atoms with E-state index in [2.05, 4.69) is 19.2 Å². The second kappa shape index (κ2) is 6.89. The molecule has 1 aliphatic carbocycles. The number of amides is 1. The van der Waals surface area contributed by atoms with Crippen molar-refractivity contribution >= 4 is 5.91 Å². The van der Waals surface area contributed by atoms with Crippen LogP contribution < -0.4 is 11.1 Å². The van der Waals surface area contributed by atoms with Crippen molar-refractivity contribution in [3.05, 3.63) is 35.4 Å². The van der Waals surface area contributed by atoms with Crippen LogP contribution in [-0.4, -0.2) is 19.0 Å². The highest BCUT2D eigenvalue weighted by Crippen LogP contribution is 2.30. The molecule has 3 nitrogen and oxygen atoms in total. The van der Waals surface area contributed by atoms with E-state index in [0.717, 1.165) is 18.7 Å². The number of hydrogen-bond acceptors (Lipinski definition) is 2. The summed E-state index contributed by atoms with van der Waals surface area (Å²) < 4.78 is 0. The zero-order valence-corrected chi connectivity index (χ0v) is 12.6. The van der Waals surface area contributed by atoms with Crippen molar-refractivity contribution in [2.75, 3.05) is 13.1 Å². The SMILES string of the molecule is CC(C)c1ccc(C(=O)NCC2CCCC2CN)cc1. The van der Waals surface area contributed by atoms with E-state index >= 15 is 0 Å². The number of carbonyl (C=O) groups excluding carboxylic acids is 1. The van der Waals surface area contributed by atoms with Gasteiger partial charge in [0.2, 0.25) is 0 Å². The molecule has 3 N–H and O–H groups in total. The third-order valence-corrected chi connectivity index (χ3v) is 4.48. The van der Waals surface area contributed by atoms with Crippen molar-refractivity contribution in [2.24, 2.45) is 17.6 Å². The van der Waals surface area contributed by atoms with E-state index < -0.39 is 0 Å². The third kappa shape index (κ3) is 3.60. The lowest BCUT2D eigenvalue weighted by Gasteiger charge is -2.18. The maximum absolute atomic E-state index is 12.1. The van der Waals surface area contributed by atoms with Crippen LogP contribution in [0.3, 0.4) is 0 Å². The number of rotatable bonds is 5. The van der Waals surface area contributed by atoms with Crippen LogP contribution in [0.4, 0.5) is 0 Å². The Morgan fingerprint density at radius 2 is 1.90 bits per heavy atom. The van der Waals surface area contributed by atoms with Gasteiger partial charge in [-0.05, 0) is 54.8 Å². The van der Waals surface area contributed by atoms with Crippen molar-refractivity contribution in [2.45, 2.75) is 39.0 Å². The summed E-state index contributed by atoms with van der Waals surface area (Å²) in [5.41, 5.74) is 7.79. The van der Waals surface area contributed by atoms with Crippen LogP contribution in [0.2, 0.25) is 0 Å². The summed E-state index contributed by atoms with van der Waals surface area (Å²) >= 11 is 0. The molecule has 0 saturated heterocycles. The summed E-state index contributed by atoms with van der Waals surface area (Å²) in [6.07, 6.45) is 3.64. The molecule has 2 atom stereocenters. The van der Waals surface area contributed by atoms with Gasteiger partial charge in [-0.1, -0.05) is 32.4 Å². The average molecular weight is 274 g/mol. The van der Waals surface area contributed by atoms with Gasteiger partial charge in [-0.3, -0.25) is 4.79 Å². The molecule has 1 saturated carbocycles. The highest BCUT2D eigenvalue weighted by atomic mass is 16.1. The first-order valence-electron chi connectivity index (χ1n) is 7.70. The summed E-state index contributed by atoms with van der Waals surface area (Å²) in [5, 5.41) is 3.06. The maximum atomic E-state index is 12.1. The van der Waals surface area contributed by atoms with Crippen molar-refractivity contribution in [3.63, 3.8) is 0 Å². The molecule has 1 aromatic rings. The molecule has 0 aliphatic heterocycles. The predicted molar refractivity (Wildman–Crippen MR) is 82.7 cm³/mol. The van der Waals surface area contributed by atoms with Gasteiger partial charge in [0.15, 0.2) is 0 Å². The molecule has 0 spiro atoms. The minimum atomic E-state index is 0.0305. The van der Waals surface area contributed by atoms with E-state index in [1.807, 2.05) is 24.3 Å². The number of nitrogens with two attached hydrogens (primary N) is 1. The lowest BCUT2D eigenvalue weighted by molar-refractivity contribution is 0.0944. The largest absolute Gasteiger partial charge is 0.352 e. The summed E-state index contributed by atoms with van der Waals surface area (Å²) in [6, 6.07) is 7.91. The van der Waals surface area contributed by atoms with Gasteiger partial charge >= 0.3 is 0 Å². The van der Waals surface area contributed by atoms with Crippen LogP contribution >= 0.6 is 0 Å². The highest BCUT2D eigenvalue weighted by Gasteiger charge is 2.26. The monoisotopic (exact) mass is 274 g/mol. The fraction of sp³-hybridized carbons (Fsp3) is 0.588. The maximum Gasteiger partial charge on any atom is 0.251 e. The Morgan fingerprint density at radius 3 is 2.50 bits per heavy atom. The minimum Gasteiger partial charge on any atom is -0.352 e. The summed E-state index contributed by atoms with van der Waals surface area (Å²) in [7, 11) is 0.